The molecule has 14 heteroatoms. The van der Waals surface area contributed by atoms with Crippen LogP contribution in [0.3, 0.4) is 0 Å². The second kappa shape index (κ2) is 38.7. The van der Waals surface area contributed by atoms with Gasteiger partial charge in [-0.2, -0.15) is 0 Å². The standard InChI is InChI=1S/C50H94O14/c1-3-5-7-9-10-11-12-13-14-15-16-17-18-19-20-21-22-23-24-25-26-27-28-29-30-32-34-59-36-39(62-42(52)33-31-8-6-4-2)37-60-49-48(58)46(56)44(54)41(64-49)38-61-50-47(57)45(55)43(53)40(35-51)63-50/h15-16,39-41,43-51,53-58H,3-14,17-38H2,1-2H3/b16-15-. The van der Waals surface area contributed by atoms with Crippen molar-refractivity contribution >= 4 is 5.97 Å². The molecule has 0 radical (unpaired) electrons. The SMILES string of the molecule is CCCCCCCCCC/C=C\CCCCCCCCCCCCCCCCOCC(COC1OC(COC2OC(CO)C(O)C(O)C2O)C(O)C(O)C1O)OC(=O)CCCCCC. The van der Waals surface area contributed by atoms with E-state index in [2.05, 4.69) is 26.0 Å². The van der Waals surface area contributed by atoms with E-state index in [1.165, 1.54) is 135 Å². The molecule has 11 unspecified atom stereocenters. The highest BCUT2D eigenvalue weighted by Crippen LogP contribution is 2.26. The maximum Gasteiger partial charge on any atom is 0.306 e. The first kappa shape index (κ1) is 58.9. The third-order valence-corrected chi connectivity index (χ3v) is 12.5. The second-order valence-electron chi connectivity index (χ2n) is 18.3. The van der Waals surface area contributed by atoms with Crippen LogP contribution in [0.15, 0.2) is 12.2 Å². The minimum absolute atomic E-state index is 0.0646. The van der Waals surface area contributed by atoms with Gasteiger partial charge in [-0.15, -0.1) is 0 Å². The Bertz CT molecular complexity index is 1110. The first-order valence-electron chi connectivity index (χ1n) is 25.8. The van der Waals surface area contributed by atoms with E-state index >= 15 is 0 Å². The molecule has 0 amide bonds. The normalized spacial score (nSPS) is 26.8. The Morgan fingerprint density at radius 1 is 0.500 bits per heavy atom. The van der Waals surface area contributed by atoms with Crippen LogP contribution in [0.25, 0.3) is 0 Å². The fraction of sp³-hybridized carbons (Fsp3) is 0.940. The number of esters is 1. The lowest BCUT2D eigenvalue weighted by Crippen LogP contribution is -2.61. The lowest BCUT2D eigenvalue weighted by atomic mass is 9.98. The van der Waals surface area contributed by atoms with Gasteiger partial charge in [0.1, 0.15) is 54.9 Å². The molecule has 0 aromatic carbocycles. The van der Waals surface area contributed by atoms with Crippen LogP contribution in [0.5, 0.6) is 0 Å². The molecule has 2 aliphatic heterocycles. The number of rotatable bonds is 41. The van der Waals surface area contributed by atoms with Gasteiger partial charge in [0, 0.05) is 13.0 Å². The fourth-order valence-electron chi connectivity index (χ4n) is 8.28. The molecule has 0 aromatic rings. The van der Waals surface area contributed by atoms with Crippen LogP contribution in [0.1, 0.15) is 200 Å². The maximum atomic E-state index is 12.7. The molecule has 7 N–H and O–H groups in total. The summed E-state index contributed by atoms with van der Waals surface area (Å²) in [6, 6.07) is 0. The largest absolute Gasteiger partial charge is 0.457 e. The Hall–Kier alpha value is -1.27. The van der Waals surface area contributed by atoms with E-state index in [0.29, 0.717) is 13.0 Å². The second-order valence-corrected chi connectivity index (χ2v) is 18.3. The highest BCUT2D eigenvalue weighted by atomic mass is 16.7. The smallest absolute Gasteiger partial charge is 0.306 e. The molecule has 2 aliphatic rings. The van der Waals surface area contributed by atoms with Crippen LogP contribution in [-0.2, 0) is 33.2 Å². The van der Waals surface area contributed by atoms with E-state index in [1.54, 1.807) is 0 Å². The highest BCUT2D eigenvalue weighted by Gasteiger charge is 2.47. The van der Waals surface area contributed by atoms with Crippen molar-refractivity contribution in [2.75, 3.05) is 33.0 Å². The molecule has 64 heavy (non-hydrogen) atoms. The quantitative estimate of drug-likeness (QED) is 0.0180. The van der Waals surface area contributed by atoms with Gasteiger partial charge in [-0.25, -0.2) is 0 Å². The zero-order chi connectivity index (χ0) is 46.6. The van der Waals surface area contributed by atoms with E-state index in [-0.39, 0.29) is 19.6 Å². The number of unbranched alkanes of at least 4 members (excludes halogenated alkanes) is 25. The summed E-state index contributed by atoms with van der Waals surface area (Å²) < 4.78 is 34.0. The van der Waals surface area contributed by atoms with Gasteiger partial charge in [0.15, 0.2) is 12.6 Å². The van der Waals surface area contributed by atoms with Crippen molar-refractivity contribution in [1.29, 1.82) is 0 Å². The predicted octanol–water partition coefficient (Wildman–Crippen LogP) is 7.46. The third-order valence-electron chi connectivity index (χ3n) is 12.5. The number of carbonyl (C=O) groups excluding carboxylic acids is 1. The average Bonchev–Trinajstić information content (AvgIpc) is 3.29. The monoisotopic (exact) mass is 919 g/mol. The van der Waals surface area contributed by atoms with Gasteiger partial charge in [-0.1, -0.05) is 167 Å². The molecule has 11 atom stereocenters. The molecule has 378 valence electrons. The van der Waals surface area contributed by atoms with Crippen LogP contribution < -0.4 is 0 Å². The predicted molar refractivity (Wildman–Crippen MR) is 247 cm³/mol. The Morgan fingerprint density at radius 2 is 0.922 bits per heavy atom. The molecule has 0 aromatic heterocycles. The summed E-state index contributed by atoms with van der Waals surface area (Å²) in [5, 5.41) is 71.7. The summed E-state index contributed by atoms with van der Waals surface area (Å²) in [4.78, 5) is 12.7. The Kier molecular flexibility index (Phi) is 35.6. The molecule has 2 heterocycles. The van der Waals surface area contributed by atoms with Crippen LogP contribution in [0.4, 0.5) is 0 Å². The Morgan fingerprint density at radius 3 is 1.42 bits per heavy atom. The van der Waals surface area contributed by atoms with Crippen molar-refractivity contribution in [2.45, 2.75) is 268 Å². The van der Waals surface area contributed by atoms with Crippen molar-refractivity contribution in [3.8, 4) is 0 Å². The molecule has 14 nitrogen and oxygen atoms in total. The van der Waals surface area contributed by atoms with Crippen molar-refractivity contribution in [2.24, 2.45) is 0 Å². The van der Waals surface area contributed by atoms with Gasteiger partial charge in [-0.3, -0.25) is 4.79 Å². The number of carbonyl (C=O) groups is 1. The molecule has 2 saturated heterocycles. The molecular weight excluding hydrogens is 825 g/mol. The van der Waals surface area contributed by atoms with E-state index in [0.717, 1.165) is 38.5 Å². The van der Waals surface area contributed by atoms with E-state index < -0.39 is 86.7 Å². The molecule has 0 saturated carbocycles. The Balaban J connectivity index is 1.57. The minimum Gasteiger partial charge on any atom is -0.457 e. The number of ether oxygens (including phenoxy) is 6. The molecule has 0 bridgehead atoms. The van der Waals surface area contributed by atoms with Crippen LogP contribution in [0.2, 0.25) is 0 Å². The van der Waals surface area contributed by atoms with Crippen LogP contribution in [0, 0.1) is 0 Å². The summed E-state index contributed by atoms with van der Waals surface area (Å²) in [5.74, 6) is -0.391. The Labute approximate surface area is 386 Å². The first-order chi connectivity index (χ1) is 31.1. The summed E-state index contributed by atoms with van der Waals surface area (Å²) in [6.07, 6.45) is 23.8. The van der Waals surface area contributed by atoms with Gasteiger partial charge >= 0.3 is 5.97 Å². The van der Waals surface area contributed by atoms with Gasteiger partial charge in [-0.05, 0) is 38.5 Å². The minimum atomic E-state index is -1.70. The molecule has 0 spiro atoms. The average molecular weight is 919 g/mol. The zero-order valence-corrected chi connectivity index (χ0v) is 40.0. The van der Waals surface area contributed by atoms with Crippen molar-refractivity contribution in [3.63, 3.8) is 0 Å². The van der Waals surface area contributed by atoms with Crippen molar-refractivity contribution in [3.05, 3.63) is 12.2 Å². The lowest BCUT2D eigenvalue weighted by Gasteiger charge is -2.42. The number of aliphatic hydroxyl groups excluding tert-OH is 7. The van der Waals surface area contributed by atoms with Crippen molar-refractivity contribution < 1.29 is 69.0 Å². The third kappa shape index (κ3) is 26.3. The maximum absolute atomic E-state index is 12.7. The molecule has 2 fully saturated rings. The summed E-state index contributed by atoms with van der Waals surface area (Å²) in [5.41, 5.74) is 0. The van der Waals surface area contributed by atoms with Gasteiger partial charge in [0.05, 0.1) is 26.4 Å². The lowest BCUT2D eigenvalue weighted by molar-refractivity contribution is -0.332. The van der Waals surface area contributed by atoms with Crippen molar-refractivity contribution in [1.82, 2.24) is 0 Å². The van der Waals surface area contributed by atoms with E-state index in [1.807, 2.05) is 0 Å². The highest BCUT2D eigenvalue weighted by molar-refractivity contribution is 5.69. The number of allylic oxidation sites excluding steroid dienone is 2. The molecule has 2 rings (SSSR count). The zero-order valence-electron chi connectivity index (χ0n) is 40.0. The first-order valence-corrected chi connectivity index (χ1v) is 25.8. The molecule has 0 aliphatic carbocycles. The topological polar surface area (TPSA) is 214 Å². The fourth-order valence-corrected chi connectivity index (χ4v) is 8.28. The van der Waals surface area contributed by atoms with Crippen LogP contribution in [-0.4, -0.2) is 142 Å². The summed E-state index contributed by atoms with van der Waals surface area (Å²) >= 11 is 0. The van der Waals surface area contributed by atoms with E-state index in [9.17, 15) is 40.5 Å². The number of hydrogen-bond acceptors (Lipinski definition) is 14. The van der Waals surface area contributed by atoms with Crippen LogP contribution >= 0.6 is 0 Å². The summed E-state index contributed by atoms with van der Waals surface area (Å²) in [6.45, 7) is 3.57. The molecular formula is C50H94O14. The van der Waals surface area contributed by atoms with Gasteiger partial charge in [0.2, 0.25) is 0 Å². The summed E-state index contributed by atoms with van der Waals surface area (Å²) in [7, 11) is 0. The number of hydrogen-bond donors (Lipinski definition) is 7. The van der Waals surface area contributed by atoms with Gasteiger partial charge in [0.25, 0.3) is 0 Å². The van der Waals surface area contributed by atoms with E-state index in [4.69, 9.17) is 28.4 Å². The van der Waals surface area contributed by atoms with Gasteiger partial charge < -0.3 is 64.2 Å². The number of aliphatic hydroxyl groups is 7.